The number of carbonyl (C=O) groups is 2. The number of rotatable bonds is 7. The van der Waals surface area contributed by atoms with Crippen LogP contribution in [0, 0.1) is 0 Å². The Morgan fingerprint density at radius 3 is 2.26 bits per heavy atom. The highest BCUT2D eigenvalue weighted by atomic mass is 32.2. The Hall–Kier alpha value is -2.09. The van der Waals surface area contributed by atoms with Gasteiger partial charge in [-0.1, -0.05) is 18.2 Å². The molecule has 1 aliphatic rings. The molecule has 0 unspecified atom stereocenters. The van der Waals surface area contributed by atoms with Gasteiger partial charge in [0.25, 0.3) is 0 Å². The smallest absolute Gasteiger partial charge is 0.246 e. The number of amides is 2. The molecule has 0 spiro atoms. The van der Waals surface area contributed by atoms with Crippen molar-refractivity contribution in [3.05, 3.63) is 30.3 Å². The first-order valence-corrected chi connectivity index (χ1v) is 11.3. The van der Waals surface area contributed by atoms with Gasteiger partial charge in [0.1, 0.15) is 15.4 Å². The van der Waals surface area contributed by atoms with Crippen LogP contribution in [0.15, 0.2) is 30.3 Å². The van der Waals surface area contributed by atoms with Gasteiger partial charge in [0.2, 0.25) is 11.8 Å². The Bertz CT molecular complexity index is 754. The van der Waals surface area contributed by atoms with Gasteiger partial charge in [0.15, 0.2) is 0 Å². The van der Waals surface area contributed by atoms with Gasteiger partial charge in [-0.15, -0.1) is 0 Å². The first-order valence-electron chi connectivity index (χ1n) is 9.21. The van der Waals surface area contributed by atoms with E-state index in [-0.39, 0.29) is 30.0 Å². The molecule has 1 aromatic rings. The molecule has 1 heterocycles. The number of piperidine rings is 1. The number of anilines is 1. The second kappa shape index (κ2) is 8.73. The summed E-state index contributed by atoms with van der Waals surface area (Å²) in [5, 5.41) is 6.35. The van der Waals surface area contributed by atoms with Gasteiger partial charge in [-0.2, -0.15) is 0 Å². The van der Waals surface area contributed by atoms with Crippen molar-refractivity contribution < 1.29 is 18.0 Å². The zero-order valence-electron chi connectivity index (χ0n) is 16.2. The van der Waals surface area contributed by atoms with E-state index in [1.54, 1.807) is 4.90 Å². The lowest BCUT2D eigenvalue weighted by molar-refractivity contribution is -0.135. The molecule has 7 nitrogen and oxygen atoms in total. The number of nitrogens with zero attached hydrogens (tertiary/aromatic N) is 1. The summed E-state index contributed by atoms with van der Waals surface area (Å²) < 4.78 is 22.6. The van der Waals surface area contributed by atoms with Gasteiger partial charge < -0.3 is 15.5 Å². The molecule has 27 heavy (non-hydrogen) atoms. The van der Waals surface area contributed by atoms with Crippen molar-refractivity contribution in [2.45, 2.75) is 44.7 Å². The van der Waals surface area contributed by atoms with Crippen molar-refractivity contribution in [2.24, 2.45) is 0 Å². The Labute approximate surface area is 161 Å². The highest BCUT2D eigenvalue weighted by Gasteiger charge is 2.42. The normalized spacial score (nSPS) is 16.8. The van der Waals surface area contributed by atoms with E-state index in [1.165, 1.54) is 0 Å². The Morgan fingerprint density at radius 1 is 1.15 bits per heavy atom. The first-order chi connectivity index (χ1) is 12.6. The van der Waals surface area contributed by atoms with Crippen molar-refractivity contribution in [2.75, 3.05) is 30.4 Å². The van der Waals surface area contributed by atoms with Crippen molar-refractivity contribution in [3.8, 4) is 0 Å². The maximum absolute atomic E-state index is 12.9. The lowest BCUT2D eigenvalue weighted by Gasteiger charge is -2.42. The molecule has 8 heteroatoms. The van der Waals surface area contributed by atoms with Crippen molar-refractivity contribution >= 4 is 27.3 Å². The minimum Gasteiger partial charge on any atom is -0.371 e. The molecule has 150 valence electrons. The topological polar surface area (TPSA) is 95.6 Å². The summed E-state index contributed by atoms with van der Waals surface area (Å²) in [5.74, 6) is -0.411. The van der Waals surface area contributed by atoms with Gasteiger partial charge in [-0.05, 0) is 38.8 Å². The van der Waals surface area contributed by atoms with E-state index in [4.69, 9.17) is 0 Å². The molecule has 1 saturated heterocycles. The Morgan fingerprint density at radius 2 is 1.74 bits per heavy atom. The van der Waals surface area contributed by atoms with E-state index < -0.39 is 15.4 Å². The third kappa shape index (κ3) is 6.23. The fourth-order valence-electron chi connectivity index (χ4n) is 3.18. The number of sulfone groups is 1. The highest BCUT2D eigenvalue weighted by Crippen LogP contribution is 2.28. The standard InChI is InChI=1S/C19H29N3O4S/c1-15(2)20-18(24)19(21-16-7-5-4-6-8-16)10-12-22(13-11-19)17(23)9-14-27(3,25)26/h4-8,15,21H,9-14H2,1-3H3,(H,20,24). The SMILES string of the molecule is CC(C)NC(=O)C1(Nc2ccccc2)CCN(C(=O)CCS(C)(=O)=O)CC1. The maximum Gasteiger partial charge on any atom is 0.246 e. The van der Waals surface area contributed by atoms with Crippen LogP contribution in [0.25, 0.3) is 0 Å². The number of likely N-dealkylation sites (tertiary alicyclic amines) is 1. The van der Waals surface area contributed by atoms with Crippen LogP contribution < -0.4 is 10.6 Å². The number of nitrogens with one attached hydrogen (secondary N) is 2. The third-order valence-corrected chi connectivity index (χ3v) is 5.61. The van der Waals surface area contributed by atoms with Crippen molar-refractivity contribution in [1.29, 1.82) is 0 Å². The van der Waals surface area contributed by atoms with Gasteiger partial charge in [-0.3, -0.25) is 9.59 Å². The van der Waals surface area contributed by atoms with Crippen LogP contribution in [-0.4, -0.2) is 61.8 Å². The van der Waals surface area contributed by atoms with Crippen LogP contribution in [0.2, 0.25) is 0 Å². The molecule has 2 rings (SSSR count). The minimum absolute atomic E-state index is 0.0152. The van der Waals surface area contributed by atoms with Crippen LogP contribution in [0.5, 0.6) is 0 Å². The molecule has 2 amide bonds. The molecule has 0 atom stereocenters. The number of benzene rings is 1. The van der Waals surface area contributed by atoms with Crippen molar-refractivity contribution in [1.82, 2.24) is 10.2 Å². The van der Waals surface area contributed by atoms with E-state index >= 15 is 0 Å². The lowest BCUT2D eigenvalue weighted by atomic mass is 9.85. The fourth-order valence-corrected chi connectivity index (χ4v) is 3.72. The van der Waals surface area contributed by atoms with Gasteiger partial charge in [0, 0.05) is 37.5 Å². The Balaban J connectivity index is 2.08. The summed E-state index contributed by atoms with van der Waals surface area (Å²) in [4.78, 5) is 26.9. The van der Waals surface area contributed by atoms with E-state index in [0.29, 0.717) is 25.9 Å². The maximum atomic E-state index is 12.9. The largest absolute Gasteiger partial charge is 0.371 e. The van der Waals surface area contributed by atoms with Gasteiger partial charge >= 0.3 is 0 Å². The molecule has 0 saturated carbocycles. The molecule has 1 aromatic carbocycles. The molecule has 0 aliphatic carbocycles. The minimum atomic E-state index is -3.17. The zero-order valence-corrected chi connectivity index (χ0v) is 17.0. The predicted octanol–water partition coefficient (Wildman–Crippen LogP) is 1.42. The number of para-hydroxylation sites is 1. The van der Waals surface area contributed by atoms with Gasteiger partial charge in [-0.25, -0.2) is 8.42 Å². The number of hydrogen-bond donors (Lipinski definition) is 2. The Kier molecular flexibility index (Phi) is 6.86. The molecule has 2 N–H and O–H groups in total. The van der Waals surface area contributed by atoms with Crippen LogP contribution in [0.1, 0.15) is 33.1 Å². The summed E-state index contributed by atoms with van der Waals surface area (Å²) >= 11 is 0. The van der Waals surface area contributed by atoms with E-state index in [2.05, 4.69) is 10.6 Å². The summed E-state index contributed by atoms with van der Waals surface area (Å²) in [6, 6.07) is 9.55. The molecule has 0 bridgehead atoms. The van der Waals surface area contributed by atoms with E-state index in [9.17, 15) is 18.0 Å². The number of hydrogen-bond acceptors (Lipinski definition) is 5. The second-order valence-electron chi connectivity index (χ2n) is 7.46. The molecule has 0 aromatic heterocycles. The average molecular weight is 396 g/mol. The quantitative estimate of drug-likeness (QED) is 0.728. The number of carbonyl (C=O) groups excluding carboxylic acids is 2. The van der Waals surface area contributed by atoms with Crippen LogP contribution in [-0.2, 0) is 19.4 Å². The predicted molar refractivity (Wildman–Crippen MR) is 106 cm³/mol. The molecular formula is C19H29N3O4S. The lowest BCUT2D eigenvalue weighted by Crippen LogP contribution is -2.60. The third-order valence-electron chi connectivity index (χ3n) is 4.67. The van der Waals surface area contributed by atoms with E-state index in [1.807, 2.05) is 44.2 Å². The molecule has 1 fully saturated rings. The van der Waals surface area contributed by atoms with Crippen LogP contribution in [0.4, 0.5) is 5.69 Å². The van der Waals surface area contributed by atoms with Crippen LogP contribution in [0.3, 0.4) is 0 Å². The summed E-state index contributed by atoms with van der Waals surface area (Å²) in [7, 11) is -3.17. The van der Waals surface area contributed by atoms with Gasteiger partial charge in [0.05, 0.1) is 5.75 Å². The summed E-state index contributed by atoms with van der Waals surface area (Å²) in [6.45, 7) is 4.65. The molecule has 1 aliphatic heterocycles. The molecular weight excluding hydrogens is 366 g/mol. The summed E-state index contributed by atoms with van der Waals surface area (Å²) in [5.41, 5.74) is 0.0624. The monoisotopic (exact) mass is 395 g/mol. The van der Waals surface area contributed by atoms with E-state index in [0.717, 1.165) is 11.9 Å². The van der Waals surface area contributed by atoms with Crippen molar-refractivity contribution in [3.63, 3.8) is 0 Å². The zero-order chi connectivity index (χ0) is 20.1. The fraction of sp³-hybridized carbons (Fsp3) is 0.579. The average Bonchev–Trinajstić information content (AvgIpc) is 2.60. The second-order valence-corrected chi connectivity index (χ2v) is 9.72. The first kappa shape index (κ1) is 21.2. The van der Waals surface area contributed by atoms with Crippen LogP contribution >= 0.6 is 0 Å². The summed E-state index contributed by atoms with van der Waals surface area (Å²) in [6.07, 6.45) is 2.04. The molecule has 0 radical (unpaired) electrons. The highest BCUT2D eigenvalue weighted by molar-refractivity contribution is 7.90.